The highest BCUT2D eigenvalue weighted by Crippen LogP contribution is 2.20. The maximum atomic E-state index is 13.4. The maximum Gasteiger partial charge on any atom is 0.330 e. The standard InChI is InChI=1S/C24H35N5O4/c1-16(2)10-11-28(20(30)15-27-12-17(3)33-18(4)13-27)21-22(25)29(24(32)26-23(21)31)14-19-8-6-5-7-9-19/h5-9,16-18H,10-15,25H2,1-4H3,(H,26,31,32). The molecule has 1 aromatic carbocycles. The molecule has 0 saturated carbocycles. The lowest BCUT2D eigenvalue weighted by atomic mass is 10.1. The van der Waals surface area contributed by atoms with Crippen LogP contribution in [0.4, 0.5) is 11.5 Å². The molecule has 0 radical (unpaired) electrons. The third-order valence-corrected chi connectivity index (χ3v) is 5.75. The van der Waals surface area contributed by atoms with Gasteiger partial charge in [-0.15, -0.1) is 0 Å². The largest absolute Gasteiger partial charge is 0.383 e. The van der Waals surface area contributed by atoms with Gasteiger partial charge in [-0.05, 0) is 31.7 Å². The lowest BCUT2D eigenvalue weighted by Gasteiger charge is -2.36. The van der Waals surface area contributed by atoms with Crippen molar-refractivity contribution in [1.82, 2.24) is 14.5 Å². The Morgan fingerprint density at radius 1 is 1.18 bits per heavy atom. The van der Waals surface area contributed by atoms with E-state index in [0.717, 1.165) is 5.56 Å². The number of anilines is 2. The van der Waals surface area contributed by atoms with Crippen LogP contribution >= 0.6 is 0 Å². The highest BCUT2D eigenvalue weighted by Gasteiger charge is 2.29. The molecule has 3 N–H and O–H groups in total. The molecule has 2 heterocycles. The topological polar surface area (TPSA) is 114 Å². The van der Waals surface area contributed by atoms with Gasteiger partial charge in [-0.1, -0.05) is 44.2 Å². The minimum Gasteiger partial charge on any atom is -0.383 e. The van der Waals surface area contributed by atoms with Crippen molar-refractivity contribution in [3.8, 4) is 0 Å². The zero-order valence-electron chi connectivity index (χ0n) is 19.9. The first kappa shape index (κ1) is 24.7. The summed E-state index contributed by atoms with van der Waals surface area (Å²) in [5, 5.41) is 0. The molecular weight excluding hydrogens is 422 g/mol. The van der Waals surface area contributed by atoms with Gasteiger partial charge >= 0.3 is 5.69 Å². The van der Waals surface area contributed by atoms with Crippen molar-refractivity contribution in [1.29, 1.82) is 0 Å². The Hall–Kier alpha value is -2.91. The number of ether oxygens (including phenoxy) is 1. The van der Waals surface area contributed by atoms with Crippen LogP contribution in [0.5, 0.6) is 0 Å². The number of carbonyl (C=O) groups is 1. The number of nitrogens with one attached hydrogen (secondary N) is 1. The quantitative estimate of drug-likeness (QED) is 0.623. The molecule has 1 fully saturated rings. The molecule has 1 aliphatic heterocycles. The molecule has 1 saturated heterocycles. The van der Waals surface area contributed by atoms with E-state index in [0.29, 0.717) is 32.0 Å². The van der Waals surface area contributed by atoms with Gasteiger partial charge in [-0.25, -0.2) is 4.79 Å². The third kappa shape index (κ3) is 6.33. The molecule has 1 amide bonds. The number of carbonyl (C=O) groups excluding carboxylic acids is 1. The molecule has 2 atom stereocenters. The van der Waals surface area contributed by atoms with Crippen molar-refractivity contribution in [2.75, 3.05) is 36.8 Å². The van der Waals surface area contributed by atoms with Gasteiger partial charge in [0, 0.05) is 19.6 Å². The van der Waals surface area contributed by atoms with E-state index < -0.39 is 11.2 Å². The summed E-state index contributed by atoms with van der Waals surface area (Å²) in [7, 11) is 0. The minimum absolute atomic E-state index is 0.00609. The number of nitrogens with zero attached hydrogens (tertiary/aromatic N) is 3. The van der Waals surface area contributed by atoms with E-state index in [-0.39, 0.29) is 42.7 Å². The first-order valence-electron chi connectivity index (χ1n) is 11.5. The highest BCUT2D eigenvalue weighted by molar-refractivity contribution is 5.96. The second-order valence-electron chi connectivity index (χ2n) is 9.24. The fraction of sp³-hybridized carbons (Fsp3) is 0.542. The third-order valence-electron chi connectivity index (χ3n) is 5.75. The lowest BCUT2D eigenvalue weighted by molar-refractivity contribution is -0.123. The van der Waals surface area contributed by atoms with Gasteiger partial charge in [0.1, 0.15) is 5.82 Å². The normalized spacial score (nSPS) is 19.1. The molecule has 9 heteroatoms. The molecule has 180 valence electrons. The molecule has 0 spiro atoms. The van der Waals surface area contributed by atoms with Crippen LogP contribution in [-0.2, 0) is 16.1 Å². The number of hydrogen-bond acceptors (Lipinski definition) is 6. The molecule has 1 aliphatic rings. The van der Waals surface area contributed by atoms with Crippen LogP contribution in [0.1, 0.15) is 39.7 Å². The molecule has 0 aliphatic carbocycles. The van der Waals surface area contributed by atoms with Crippen molar-refractivity contribution in [2.24, 2.45) is 5.92 Å². The van der Waals surface area contributed by atoms with Crippen LogP contribution < -0.4 is 21.9 Å². The van der Waals surface area contributed by atoms with E-state index in [9.17, 15) is 14.4 Å². The van der Waals surface area contributed by atoms with Crippen LogP contribution in [-0.4, -0.2) is 58.7 Å². The summed E-state index contributed by atoms with van der Waals surface area (Å²) in [5.41, 5.74) is 6.02. The van der Waals surface area contributed by atoms with Gasteiger partial charge in [0.25, 0.3) is 5.56 Å². The monoisotopic (exact) mass is 457 g/mol. The summed E-state index contributed by atoms with van der Waals surface area (Å²) >= 11 is 0. The second kappa shape index (κ2) is 10.8. The summed E-state index contributed by atoms with van der Waals surface area (Å²) < 4.78 is 7.07. The Labute approximate surface area is 194 Å². The number of aromatic nitrogens is 2. The van der Waals surface area contributed by atoms with Crippen molar-refractivity contribution in [2.45, 2.75) is 52.9 Å². The Kier molecular flexibility index (Phi) is 8.10. The zero-order valence-corrected chi connectivity index (χ0v) is 19.9. The van der Waals surface area contributed by atoms with Gasteiger partial charge in [-0.2, -0.15) is 0 Å². The fourth-order valence-corrected chi connectivity index (χ4v) is 4.20. The van der Waals surface area contributed by atoms with Crippen molar-refractivity contribution in [3.63, 3.8) is 0 Å². The van der Waals surface area contributed by atoms with E-state index >= 15 is 0 Å². The zero-order chi connectivity index (χ0) is 24.1. The van der Waals surface area contributed by atoms with Crippen molar-refractivity contribution >= 4 is 17.4 Å². The van der Waals surface area contributed by atoms with Gasteiger partial charge < -0.3 is 15.4 Å². The number of morpholine rings is 1. The predicted molar refractivity (Wildman–Crippen MR) is 130 cm³/mol. The summed E-state index contributed by atoms with van der Waals surface area (Å²) in [6.45, 7) is 10.0. The molecule has 2 unspecified atom stereocenters. The number of nitrogens with two attached hydrogens (primary N) is 1. The first-order chi connectivity index (χ1) is 15.7. The molecule has 2 aromatic rings. The van der Waals surface area contributed by atoms with Gasteiger partial charge in [-0.3, -0.25) is 24.0 Å². The van der Waals surface area contributed by atoms with E-state index in [1.165, 1.54) is 9.47 Å². The van der Waals surface area contributed by atoms with Crippen LogP contribution in [0.2, 0.25) is 0 Å². The summed E-state index contributed by atoms with van der Waals surface area (Å²) in [4.78, 5) is 44.7. The van der Waals surface area contributed by atoms with Gasteiger partial charge in [0.05, 0.1) is 25.3 Å². The van der Waals surface area contributed by atoms with Crippen molar-refractivity contribution in [3.05, 3.63) is 56.7 Å². The van der Waals surface area contributed by atoms with E-state index in [1.807, 2.05) is 49.1 Å². The molecule has 9 nitrogen and oxygen atoms in total. The molecule has 33 heavy (non-hydrogen) atoms. The Morgan fingerprint density at radius 3 is 2.42 bits per heavy atom. The van der Waals surface area contributed by atoms with Gasteiger partial charge in [0.15, 0.2) is 5.69 Å². The summed E-state index contributed by atoms with van der Waals surface area (Å²) in [6.07, 6.45) is 0.733. The minimum atomic E-state index is -0.650. The average molecular weight is 458 g/mol. The number of nitrogen functional groups attached to an aromatic ring is 1. The fourth-order valence-electron chi connectivity index (χ4n) is 4.20. The summed E-state index contributed by atoms with van der Waals surface area (Å²) in [6, 6.07) is 9.36. The SMILES string of the molecule is CC(C)CCN(C(=O)CN1CC(C)OC(C)C1)c1c(N)n(Cc2ccccc2)c(=O)[nH]c1=O. The second-order valence-corrected chi connectivity index (χ2v) is 9.24. The van der Waals surface area contributed by atoms with Gasteiger partial charge in [0.2, 0.25) is 5.91 Å². The number of rotatable bonds is 8. The van der Waals surface area contributed by atoms with E-state index in [4.69, 9.17) is 10.5 Å². The Balaban J connectivity index is 1.95. The van der Waals surface area contributed by atoms with Crippen molar-refractivity contribution < 1.29 is 9.53 Å². The Morgan fingerprint density at radius 2 is 1.82 bits per heavy atom. The maximum absolute atomic E-state index is 13.4. The van der Waals surface area contributed by atoms with Crippen LogP contribution in [0.15, 0.2) is 39.9 Å². The summed E-state index contributed by atoms with van der Waals surface area (Å²) in [5.74, 6) is 0.0896. The number of benzene rings is 1. The molecule has 3 rings (SSSR count). The van der Waals surface area contributed by atoms with E-state index in [1.54, 1.807) is 0 Å². The number of amides is 1. The molecule has 1 aromatic heterocycles. The number of hydrogen-bond donors (Lipinski definition) is 2. The smallest absolute Gasteiger partial charge is 0.330 e. The average Bonchev–Trinajstić information content (AvgIpc) is 2.73. The van der Waals surface area contributed by atoms with Crippen LogP contribution in [0.3, 0.4) is 0 Å². The predicted octanol–water partition coefficient (Wildman–Crippen LogP) is 1.66. The van der Waals surface area contributed by atoms with E-state index in [2.05, 4.69) is 18.8 Å². The Bertz CT molecular complexity index is 1050. The molecule has 0 bridgehead atoms. The van der Waals surface area contributed by atoms with Crippen LogP contribution in [0.25, 0.3) is 0 Å². The van der Waals surface area contributed by atoms with Crippen LogP contribution in [0, 0.1) is 5.92 Å². The number of H-pyrrole nitrogens is 1. The highest BCUT2D eigenvalue weighted by atomic mass is 16.5. The lowest BCUT2D eigenvalue weighted by Crippen LogP contribution is -2.51. The number of aromatic amines is 1. The molecular formula is C24H35N5O4. The first-order valence-corrected chi connectivity index (χ1v) is 11.5.